The van der Waals surface area contributed by atoms with Gasteiger partial charge < -0.3 is 20.9 Å². The number of nitrogens with one attached hydrogen (secondary N) is 1. The molecule has 2 unspecified atom stereocenters. The van der Waals surface area contributed by atoms with E-state index in [-0.39, 0.29) is 0 Å². The van der Waals surface area contributed by atoms with Crippen molar-refractivity contribution in [3.8, 4) is 0 Å². The number of aliphatic hydroxyl groups is 1. The summed E-state index contributed by atoms with van der Waals surface area (Å²) >= 11 is 0. The van der Waals surface area contributed by atoms with Crippen molar-refractivity contribution in [3.63, 3.8) is 0 Å². The predicted molar refractivity (Wildman–Crippen MR) is 87.6 cm³/mol. The Morgan fingerprint density at radius 1 is 1.32 bits per heavy atom. The van der Waals surface area contributed by atoms with E-state index < -0.39 is 23.8 Å². The Kier molecular flexibility index (Phi) is 6.84. The van der Waals surface area contributed by atoms with Crippen molar-refractivity contribution in [2.75, 3.05) is 6.54 Å². The zero-order valence-corrected chi connectivity index (χ0v) is 13.9. The van der Waals surface area contributed by atoms with Crippen LogP contribution in [0.5, 0.6) is 0 Å². The largest absolute Gasteiger partial charge is 0.444 e. The molecule has 0 heterocycles. The normalized spacial score (nSPS) is 14.3. The van der Waals surface area contributed by atoms with E-state index in [1.54, 1.807) is 0 Å². The van der Waals surface area contributed by atoms with Crippen LogP contribution < -0.4 is 11.1 Å². The van der Waals surface area contributed by atoms with Crippen molar-refractivity contribution in [2.24, 2.45) is 5.73 Å². The van der Waals surface area contributed by atoms with Gasteiger partial charge in [0.25, 0.3) is 0 Å². The highest BCUT2D eigenvalue weighted by Crippen LogP contribution is 2.18. The molecule has 1 aromatic rings. The van der Waals surface area contributed by atoms with Crippen LogP contribution in [0, 0.1) is 0 Å². The number of rotatable bonds is 6. The zero-order chi connectivity index (χ0) is 16.8. The summed E-state index contributed by atoms with van der Waals surface area (Å²) in [5.74, 6) is 0. The molecule has 0 bridgehead atoms. The minimum Gasteiger partial charge on any atom is -0.444 e. The monoisotopic (exact) mass is 308 g/mol. The molecule has 5 nitrogen and oxygen atoms in total. The fourth-order valence-corrected chi connectivity index (χ4v) is 2.01. The molecule has 1 aromatic carbocycles. The first-order valence-electron chi connectivity index (χ1n) is 7.72. The fraction of sp³-hybridized carbons (Fsp3) is 0.588. The van der Waals surface area contributed by atoms with Crippen molar-refractivity contribution in [2.45, 2.75) is 58.3 Å². The van der Waals surface area contributed by atoms with Gasteiger partial charge in [0.05, 0.1) is 6.10 Å². The number of nitrogens with two attached hydrogens (primary N) is 1. The lowest BCUT2D eigenvalue weighted by Crippen LogP contribution is -2.37. The second-order valence-electron chi connectivity index (χ2n) is 6.42. The van der Waals surface area contributed by atoms with Gasteiger partial charge >= 0.3 is 6.09 Å². The van der Waals surface area contributed by atoms with Gasteiger partial charge in [0.15, 0.2) is 0 Å². The topological polar surface area (TPSA) is 84.6 Å². The maximum atomic E-state index is 11.5. The Morgan fingerprint density at radius 2 is 1.91 bits per heavy atom. The molecule has 0 aliphatic carbocycles. The zero-order valence-electron chi connectivity index (χ0n) is 13.9. The van der Waals surface area contributed by atoms with Gasteiger partial charge in [0, 0.05) is 12.6 Å². The van der Waals surface area contributed by atoms with E-state index in [9.17, 15) is 9.90 Å². The van der Waals surface area contributed by atoms with Gasteiger partial charge in [-0.1, -0.05) is 31.2 Å². The van der Waals surface area contributed by atoms with E-state index in [1.807, 2.05) is 45.0 Å². The molecule has 4 N–H and O–H groups in total. The van der Waals surface area contributed by atoms with Crippen LogP contribution in [0.1, 0.15) is 51.3 Å². The van der Waals surface area contributed by atoms with Crippen molar-refractivity contribution >= 4 is 6.09 Å². The third-order valence-electron chi connectivity index (χ3n) is 3.28. The van der Waals surface area contributed by atoms with Crippen LogP contribution >= 0.6 is 0 Å². The minimum atomic E-state index is -0.744. The van der Waals surface area contributed by atoms with Crippen molar-refractivity contribution < 1.29 is 14.6 Å². The molecule has 0 saturated carbocycles. The summed E-state index contributed by atoms with van der Waals surface area (Å²) in [4.78, 5) is 11.5. The summed E-state index contributed by atoms with van der Waals surface area (Å²) in [5, 5.41) is 12.9. The number of aryl methyl sites for hydroxylation is 1. The number of amides is 1. The number of aliphatic hydroxyl groups excluding tert-OH is 1. The summed E-state index contributed by atoms with van der Waals surface area (Å²) in [5.41, 5.74) is 7.48. The molecule has 1 amide bonds. The van der Waals surface area contributed by atoms with E-state index in [4.69, 9.17) is 10.5 Å². The Morgan fingerprint density at radius 3 is 2.41 bits per heavy atom. The van der Waals surface area contributed by atoms with Crippen LogP contribution in [0.3, 0.4) is 0 Å². The summed E-state index contributed by atoms with van der Waals surface area (Å²) in [6, 6.07) is 7.33. The molecule has 5 heteroatoms. The molecular formula is C17H28N2O3. The standard InChI is InChI=1S/C17H28N2O3/c1-5-12-6-8-13(9-7-12)15(20)14(18)10-11-19-16(21)22-17(2,3)4/h6-9,14-15,20H,5,10-11,18H2,1-4H3,(H,19,21). The fourth-order valence-electron chi connectivity index (χ4n) is 2.01. The van der Waals surface area contributed by atoms with E-state index in [1.165, 1.54) is 5.56 Å². The molecule has 124 valence electrons. The number of benzene rings is 1. The smallest absolute Gasteiger partial charge is 0.407 e. The lowest BCUT2D eigenvalue weighted by molar-refractivity contribution is 0.0521. The first kappa shape index (κ1) is 18.5. The molecule has 0 aromatic heterocycles. The van der Waals surface area contributed by atoms with Gasteiger partial charge in [0.2, 0.25) is 0 Å². The van der Waals surface area contributed by atoms with Crippen LogP contribution in [0.4, 0.5) is 4.79 Å². The molecule has 0 aliphatic rings. The molecular weight excluding hydrogens is 280 g/mol. The third-order valence-corrected chi connectivity index (χ3v) is 3.28. The third kappa shape index (κ3) is 6.45. The first-order valence-corrected chi connectivity index (χ1v) is 7.72. The molecule has 0 spiro atoms. The van der Waals surface area contributed by atoms with Crippen LogP contribution in [0.25, 0.3) is 0 Å². The quantitative estimate of drug-likeness (QED) is 0.754. The van der Waals surface area contributed by atoms with Crippen molar-refractivity contribution in [1.82, 2.24) is 5.32 Å². The van der Waals surface area contributed by atoms with Gasteiger partial charge in [-0.15, -0.1) is 0 Å². The maximum absolute atomic E-state index is 11.5. The van der Waals surface area contributed by atoms with E-state index in [0.717, 1.165) is 12.0 Å². The molecule has 0 saturated heterocycles. The second kappa shape index (κ2) is 8.15. The highest BCUT2D eigenvalue weighted by Gasteiger charge is 2.19. The highest BCUT2D eigenvalue weighted by molar-refractivity contribution is 5.67. The van der Waals surface area contributed by atoms with Gasteiger partial charge in [0.1, 0.15) is 5.60 Å². The average Bonchev–Trinajstić information content (AvgIpc) is 2.44. The molecule has 2 atom stereocenters. The van der Waals surface area contributed by atoms with E-state index in [2.05, 4.69) is 12.2 Å². The lowest BCUT2D eigenvalue weighted by Gasteiger charge is -2.22. The molecule has 22 heavy (non-hydrogen) atoms. The summed E-state index contributed by atoms with van der Waals surface area (Å²) in [7, 11) is 0. The Balaban J connectivity index is 2.40. The highest BCUT2D eigenvalue weighted by atomic mass is 16.6. The Bertz CT molecular complexity index is 466. The molecule has 0 radical (unpaired) electrons. The number of carbonyl (C=O) groups excluding carboxylic acids is 1. The summed E-state index contributed by atoms with van der Waals surface area (Å²) < 4.78 is 5.14. The predicted octanol–water partition coefficient (Wildman–Crippen LogP) is 2.52. The second-order valence-corrected chi connectivity index (χ2v) is 6.42. The van der Waals surface area contributed by atoms with Gasteiger partial charge in [-0.05, 0) is 44.7 Å². The van der Waals surface area contributed by atoms with Crippen LogP contribution in [0.15, 0.2) is 24.3 Å². The van der Waals surface area contributed by atoms with Crippen LogP contribution in [-0.4, -0.2) is 29.4 Å². The molecule has 1 rings (SSSR count). The van der Waals surface area contributed by atoms with E-state index in [0.29, 0.717) is 13.0 Å². The molecule has 0 fully saturated rings. The average molecular weight is 308 g/mol. The Labute approximate surface area is 132 Å². The number of hydrogen-bond acceptors (Lipinski definition) is 4. The maximum Gasteiger partial charge on any atom is 0.407 e. The van der Waals surface area contributed by atoms with Gasteiger partial charge in [-0.3, -0.25) is 0 Å². The lowest BCUT2D eigenvalue weighted by atomic mass is 9.99. The first-order chi connectivity index (χ1) is 10.2. The number of alkyl carbamates (subject to hydrolysis) is 1. The summed E-state index contributed by atoms with van der Waals surface area (Å²) in [6.45, 7) is 7.87. The SMILES string of the molecule is CCc1ccc(C(O)C(N)CCNC(=O)OC(C)(C)C)cc1. The summed E-state index contributed by atoms with van der Waals surface area (Å²) in [6.07, 6.45) is 0.214. The van der Waals surface area contributed by atoms with Crippen LogP contribution in [-0.2, 0) is 11.2 Å². The van der Waals surface area contributed by atoms with Crippen LogP contribution in [0.2, 0.25) is 0 Å². The van der Waals surface area contributed by atoms with Gasteiger partial charge in [-0.2, -0.15) is 0 Å². The minimum absolute atomic E-state index is 0.361. The van der Waals surface area contributed by atoms with Crippen molar-refractivity contribution in [1.29, 1.82) is 0 Å². The number of hydrogen-bond donors (Lipinski definition) is 3. The molecule has 0 aliphatic heterocycles. The van der Waals surface area contributed by atoms with Gasteiger partial charge in [-0.25, -0.2) is 4.79 Å². The van der Waals surface area contributed by atoms with E-state index >= 15 is 0 Å². The number of carbonyl (C=O) groups is 1. The Hall–Kier alpha value is -1.59. The number of ether oxygens (including phenoxy) is 1. The van der Waals surface area contributed by atoms with Crippen molar-refractivity contribution in [3.05, 3.63) is 35.4 Å².